The molecule has 5 nitrogen and oxygen atoms in total. The SMILES string of the molecule is CC(=O)C(C(=O)OC(C)(C)C)C(=O)OC(C)(C)C. The Morgan fingerprint density at radius 1 is 0.778 bits per heavy atom. The summed E-state index contributed by atoms with van der Waals surface area (Å²) < 4.78 is 10.1. The molecule has 0 fully saturated rings. The maximum atomic E-state index is 11.8. The molecule has 0 aliphatic rings. The van der Waals surface area contributed by atoms with Crippen molar-refractivity contribution in [2.24, 2.45) is 5.92 Å². The number of ketones is 1. The minimum atomic E-state index is -1.51. The Bertz CT molecular complexity index is 315. The summed E-state index contributed by atoms with van der Waals surface area (Å²) in [6.45, 7) is 11.1. The van der Waals surface area contributed by atoms with E-state index in [2.05, 4.69) is 0 Å². The van der Waals surface area contributed by atoms with Gasteiger partial charge in [-0.25, -0.2) is 0 Å². The molecule has 0 atom stereocenters. The van der Waals surface area contributed by atoms with Crippen molar-refractivity contribution >= 4 is 17.7 Å². The molecule has 104 valence electrons. The molecule has 18 heavy (non-hydrogen) atoms. The number of hydrogen-bond donors (Lipinski definition) is 0. The van der Waals surface area contributed by atoms with Crippen molar-refractivity contribution in [1.82, 2.24) is 0 Å². The lowest BCUT2D eigenvalue weighted by molar-refractivity contribution is -0.175. The molecule has 0 unspecified atom stereocenters. The van der Waals surface area contributed by atoms with Gasteiger partial charge in [-0.1, -0.05) is 0 Å². The predicted molar refractivity (Wildman–Crippen MR) is 65.9 cm³/mol. The lowest BCUT2D eigenvalue weighted by Crippen LogP contribution is -2.40. The fourth-order valence-corrected chi connectivity index (χ4v) is 1.15. The standard InChI is InChI=1S/C13H22O5/c1-8(14)9(10(15)17-12(2,3)4)11(16)18-13(5,6)7/h9H,1-7H3. The van der Waals surface area contributed by atoms with E-state index >= 15 is 0 Å². The molecule has 0 saturated carbocycles. The van der Waals surface area contributed by atoms with E-state index in [0.29, 0.717) is 0 Å². The van der Waals surface area contributed by atoms with Crippen molar-refractivity contribution in [3.63, 3.8) is 0 Å². The van der Waals surface area contributed by atoms with E-state index in [1.165, 1.54) is 6.92 Å². The third-order valence-electron chi connectivity index (χ3n) is 1.69. The minimum Gasteiger partial charge on any atom is -0.459 e. The zero-order valence-corrected chi connectivity index (χ0v) is 12.1. The second kappa shape index (κ2) is 5.50. The summed E-state index contributed by atoms with van der Waals surface area (Å²) in [7, 11) is 0. The Morgan fingerprint density at radius 3 is 1.22 bits per heavy atom. The summed E-state index contributed by atoms with van der Waals surface area (Å²) in [6, 6.07) is 0. The molecular weight excluding hydrogens is 236 g/mol. The lowest BCUT2D eigenvalue weighted by Gasteiger charge is -2.25. The van der Waals surface area contributed by atoms with Gasteiger partial charge in [-0.05, 0) is 48.5 Å². The van der Waals surface area contributed by atoms with Crippen LogP contribution in [0.5, 0.6) is 0 Å². The van der Waals surface area contributed by atoms with Crippen LogP contribution in [-0.2, 0) is 23.9 Å². The molecule has 0 amide bonds. The average molecular weight is 258 g/mol. The zero-order chi connectivity index (χ0) is 14.7. The van der Waals surface area contributed by atoms with Crippen LogP contribution in [0.2, 0.25) is 0 Å². The van der Waals surface area contributed by atoms with Crippen molar-refractivity contribution in [1.29, 1.82) is 0 Å². The van der Waals surface area contributed by atoms with Gasteiger partial charge in [0.25, 0.3) is 0 Å². The molecule has 0 bridgehead atoms. The van der Waals surface area contributed by atoms with E-state index in [4.69, 9.17) is 9.47 Å². The molecule has 0 aromatic carbocycles. The molecule has 0 aromatic heterocycles. The third-order valence-corrected chi connectivity index (χ3v) is 1.69. The molecule has 0 saturated heterocycles. The maximum Gasteiger partial charge on any atom is 0.328 e. The van der Waals surface area contributed by atoms with Crippen LogP contribution in [0.3, 0.4) is 0 Å². The van der Waals surface area contributed by atoms with Gasteiger partial charge < -0.3 is 9.47 Å². The van der Waals surface area contributed by atoms with Gasteiger partial charge in [0.2, 0.25) is 5.92 Å². The van der Waals surface area contributed by atoms with E-state index in [0.717, 1.165) is 0 Å². The van der Waals surface area contributed by atoms with Crippen LogP contribution in [-0.4, -0.2) is 28.9 Å². The van der Waals surface area contributed by atoms with Crippen LogP contribution in [0.25, 0.3) is 0 Å². The smallest absolute Gasteiger partial charge is 0.328 e. The first-order valence-corrected chi connectivity index (χ1v) is 5.79. The molecule has 0 rings (SSSR count). The van der Waals surface area contributed by atoms with Gasteiger partial charge in [-0.3, -0.25) is 14.4 Å². The van der Waals surface area contributed by atoms with E-state index in [1.807, 2.05) is 0 Å². The largest absolute Gasteiger partial charge is 0.459 e. The first-order chi connectivity index (χ1) is 7.83. The molecule has 0 N–H and O–H groups in total. The number of carbonyl (C=O) groups excluding carboxylic acids is 3. The molecule has 0 aliphatic carbocycles. The van der Waals surface area contributed by atoms with Gasteiger partial charge in [0.1, 0.15) is 11.2 Å². The van der Waals surface area contributed by atoms with Crippen LogP contribution < -0.4 is 0 Å². The Balaban J connectivity index is 4.93. The summed E-state index contributed by atoms with van der Waals surface area (Å²) in [6.07, 6.45) is 0. The fraction of sp³-hybridized carbons (Fsp3) is 0.769. The van der Waals surface area contributed by atoms with Crippen LogP contribution in [0, 0.1) is 5.92 Å². The molecule has 0 heterocycles. The summed E-state index contributed by atoms with van der Waals surface area (Å²) in [5, 5.41) is 0. The third kappa shape index (κ3) is 6.37. The summed E-state index contributed by atoms with van der Waals surface area (Å²) in [4.78, 5) is 35.0. The van der Waals surface area contributed by atoms with Crippen molar-refractivity contribution in [3.8, 4) is 0 Å². The normalized spacial score (nSPS) is 12.2. The van der Waals surface area contributed by atoms with Crippen molar-refractivity contribution in [2.45, 2.75) is 59.7 Å². The van der Waals surface area contributed by atoms with Crippen LogP contribution >= 0.6 is 0 Å². The highest BCUT2D eigenvalue weighted by atomic mass is 16.6. The molecule has 0 aliphatic heterocycles. The molecular formula is C13H22O5. The number of ether oxygens (including phenoxy) is 2. The molecule has 0 radical (unpaired) electrons. The topological polar surface area (TPSA) is 69.7 Å². The Kier molecular flexibility index (Phi) is 5.08. The Labute approximate surface area is 108 Å². The summed E-state index contributed by atoms with van der Waals surface area (Å²) in [5.41, 5.74) is -1.51. The van der Waals surface area contributed by atoms with Gasteiger partial charge in [0.05, 0.1) is 0 Å². The zero-order valence-electron chi connectivity index (χ0n) is 12.1. The Morgan fingerprint density at radius 2 is 1.06 bits per heavy atom. The summed E-state index contributed by atoms with van der Waals surface area (Å²) in [5.74, 6) is -3.84. The maximum absolute atomic E-state index is 11.8. The van der Waals surface area contributed by atoms with Gasteiger partial charge in [0.15, 0.2) is 5.78 Å². The highest BCUT2D eigenvalue weighted by Gasteiger charge is 2.38. The van der Waals surface area contributed by atoms with Crippen molar-refractivity contribution in [2.75, 3.05) is 0 Å². The number of rotatable bonds is 3. The number of esters is 2. The van der Waals surface area contributed by atoms with Gasteiger partial charge in [0, 0.05) is 0 Å². The number of Topliss-reactive ketones (excluding diaryl/α,β-unsaturated/α-hetero) is 1. The molecule has 0 spiro atoms. The first kappa shape index (κ1) is 16.6. The fourth-order valence-electron chi connectivity index (χ4n) is 1.15. The van der Waals surface area contributed by atoms with Crippen LogP contribution in [0.4, 0.5) is 0 Å². The van der Waals surface area contributed by atoms with E-state index in [9.17, 15) is 14.4 Å². The Hall–Kier alpha value is -1.39. The van der Waals surface area contributed by atoms with Crippen LogP contribution in [0.1, 0.15) is 48.5 Å². The van der Waals surface area contributed by atoms with Crippen molar-refractivity contribution in [3.05, 3.63) is 0 Å². The monoisotopic (exact) mass is 258 g/mol. The van der Waals surface area contributed by atoms with Crippen molar-refractivity contribution < 1.29 is 23.9 Å². The van der Waals surface area contributed by atoms with E-state index in [1.54, 1.807) is 41.5 Å². The number of carbonyl (C=O) groups is 3. The number of hydrogen-bond acceptors (Lipinski definition) is 5. The second-order valence-electron chi connectivity index (χ2n) is 6.11. The van der Waals surface area contributed by atoms with Gasteiger partial charge in [-0.2, -0.15) is 0 Å². The average Bonchev–Trinajstić information content (AvgIpc) is 1.93. The molecule has 0 aromatic rings. The highest BCUT2D eigenvalue weighted by Crippen LogP contribution is 2.16. The van der Waals surface area contributed by atoms with E-state index < -0.39 is 34.8 Å². The highest BCUT2D eigenvalue weighted by molar-refractivity contribution is 6.14. The lowest BCUT2D eigenvalue weighted by atomic mass is 10.0. The minimum absolute atomic E-state index is 0.585. The predicted octanol–water partition coefficient (Wildman–Crippen LogP) is 1.87. The van der Waals surface area contributed by atoms with Gasteiger partial charge >= 0.3 is 11.9 Å². The second-order valence-corrected chi connectivity index (χ2v) is 6.11. The first-order valence-electron chi connectivity index (χ1n) is 5.79. The van der Waals surface area contributed by atoms with Crippen LogP contribution in [0.15, 0.2) is 0 Å². The van der Waals surface area contributed by atoms with Gasteiger partial charge in [-0.15, -0.1) is 0 Å². The summed E-state index contributed by atoms with van der Waals surface area (Å²) >= 11 is 0. The van der Waals surface area contributed by atoms with E-state index in [-0.39, 0.29) is 0 Å². The molecule has 5 heteroatoms. The quantitative estimate of drug-likeness (QED) is 0.571.